The second-order valence-corrected chi connectivity index (χ2v) is 8.55. The van der Waals surface area contributed by atoms with Gasteiger partial charge >= 0.3 is 5.97 Å². The maximum atomic E-state index is 12.4. The third-order valence-corrected chi connectivity index (χ3v) is 6.82. The third kappa shape index (κ3) is 3.33. The molecule has 0 unspecified atom stereocenters. The van der Waals surface area contributed by atoms with Crippen LogP contribution in [-0.4, -0.2) is 23.1 Å². The molecule has 2 aliphatic carbocycles. The lowest BCUT2D eigenvalue weighted by Crippen LogP contribution is -2.55. The molecule has 2 saturated carbocycles. The van der Waals surface area contributed by atoms with E-state index in [-0.39, 0.29) is 22.7 Å². The van der Waals surface area contributed by atoms with Crippen molar-refractivity contribution in [3.63, 3.8) is 0 Å². The van der Waals surface area contributed by atoms with E-state index >= 15 is 0 Å². The molecule has 24 heavy (non-hydrogen) atoms. The van der Waals surface area contributed by atoms with Gasteiger partial charge in [-0.25, -0.2) is 4.79 Å². The van der Waals surface area contributed by atoms with Crippen LogP contribution < -0.4 is 0 Å². The van der Waals surface area contributed by atoms with Crippen molar-refractivity contribution in [2.75, 3.05) is 0 Å². The molecule has 2 rings (SSSR count). The first kappa shape index (κ1) is 18.9. The van der Waals surface area contributed by atoms with Crippen molar-refractivity contribution >= 4 is 18.0 Å². The molecule has 2 fully saturated rings. The van der Waals surface area contributed by atoms with E-state index in [0.717, 1.165) is 37.5 Å². The minimum absolute atomic E-state index is 0.0212. The highest BCUT2D eigenvalue weighted by molar-refractivity contribution is 5.85. The smallest absolute Gasteiger partial charge is 0.328 e. The van der Waals surface area contributed by atoms with Crippen LogP contribution in [0, 0.1) is 28.6 Å². The number of carboxylic acid groups (broad SMARTS) is 1. The Kier molecular flexibility index (Phi) is 5.36. The predicted molar refractivity (Wildman–Crippen MR) is 92.5 cm³/mol. The Bertz CT molecular complexity index is 560. The predicted octanol–water partition coefficient (Wildman–Crippen LogP) is 4.03. The molecule has 0 bridgehead atoms. The quantitative estimate of drug-likeness (QED) is 0.608. The lowest BCUT2D eigenvalue weighted by Gasteiger charge is -2.58. The summed E-state index contributed by atoms with van der Waals surface area (Å²) >= 11 is 0. The number of aldehydes is 1. The standard InChI is InChI=1S/C20H30O4/c1-13(11-18(23)24)5-7-15-14(12-21)6-8-16-19(2,3)17(22)9-10-20(15,16)4/h11-12,14-16H,5-10H2,1-4H3,(H,23,24)/b13-11-/t14-,15+,16+,20-/m0/s1. The Labute approximate surface area is 144 Å². The summed E-state index contributed by atoms with van der Waals surface area (Å²) in [5.74, 6) is -0.0332. The number of fused-ring (bicyclic) bond motifs is 1. The van der Waals surface area contributed by atoms with Gasteiger partial charge in [0.15, 0.2) is 0 Å². The zero-order chi connectivity index (χ0) is 18.1. The van der Waals surface area contributed by atoms with E-state index in [1.807, 2.05) is 6.92 Å². The van der Waals surface area contributed by atoms with Gasteiger partial charge in [0.2, 0.25) is 0 Å². The van der Waals surface area contributed by atoms with E-state index in [1.165, 1.54) is 6.08 Å². The van der Waals surface area contributed by atoms with Crippen molar-refractivity contribution < 1.29 is 19.5 Å². The number of carboxylic acids is 1. The van der Waals surface area contributed by atoms with Gasteiger partial charge in [0.05, 0.1) is 0 Å². The van der Waals surface area contributed by atoms with Gasteiger partial charge in [-0.1, -0.05) is 26.3 Å². The fourth-order valence-electron chi connectivity index (χ4n) is 5.45. The minimum Gasteiger partial charge on any atom is -0.478 e. The van der Waals surface area contributed by atoms with Crippen LogP contribution in [0.5, 0.6) is 0 Å². The maximum absolute atomic E-state index is 12.4. The average Bonchev–Trinajstić information content (AvgIpc) is 2.48. The van der Waals surface area contributed by atoms with Gasteiger partial charge in [0.25, 0.3) is 0 Å². The number of hydrogen-bond acceptors (Lipinski definition) is 3. The first-order chi connectivity index (χ1) is 11.1. The minimum atomic E-state index is -0.920. The van der Waals surface area contributed by atoms with Crippen molar-refractivity contribution in [1.82, 2.24) is 0 Å². The molecule has 0 aromatic heterocycles. The molecule has 0 radical (unpaired) electrons. The van der Waals surface area contributed by atoms with Crippen molar-refractivity contribution in [2.45, 2.75) is 66.2 Å². The van der Waals surface area contributed by atoms with Gasteiger partial charge < -0.3 is 9.90 Å². The van der Waals surface area contributed by atoms with Gasteiger partial charge in [-0.3, -0.25) is 4.79 Å². The van der Waals surface area contributed by atoms with Crippen LogP contribution in [0.15, 0.2) is 11.6 Å². The monoisotopic (exact) mass is 334 g/mol. The Morgan fingerprint density at radius 1 is 1.29 bits per heavy atom. The molecular weight excluding hydrogens is 304 g/mol. The third-order valence-electron chi connectivity index (χ3n) is 6.82. The van der Waals surface area contributed by atoms with Gasteiger partial charge in [0.1, 0.15) is 12.1 Å². The van der Waals surface area contributed by atoms with Crippen molar-refractivity contribution in [3.05, 3.63) is 11.6 Å². The largest absolute Gasteiger partial charge is 0.478 e. The molecule has 0 aliphatic heterocycles. The van der Waals surface area contributed by atoms with Crippen LogP contribution in [0.4, 0.5) is 0 Å². The second-order valence-electron chi connectivity index (χ2n) is 8.55. The summed E-state index contributed by atoms with van der Waals surface area (Å²) in [7, 11) is 0. The summed E-state index contributed by atoms with van der Waals surface area (Å²) in [6.07, 6.45) is 7.06. The summed E-state index contributed by atoms with van der Waals surface area (Å²) in [5.41, 5.74) is 0.486. The Hall–Kier alpha value is -1.45. The zero-order valence-corrected chi connectivity index (χ0v) is 15.3. The number of rotatable bonds is 5. The number of aliphatic carboxylic acids is 1. The van der Waals surface area contributed by atoms with Gasteiger partial charge in [0, 0.05) is 23.8 Å². The maximum Gasteiger partial charge on any atom is 0.328 e. The van der Waals surface area contributed by atoms with Crippen LogP contribution in [0.1, 0.15) is 66.2 Å². The normalized spacial score (nSPS) is 36.1. The number of Topliss-reactive ketones (excluding diaryl/α,β-unsaturated/α-hetero) is 1. The second kappa shape index (κ2) is 6.81. The van der Waals surface area contributed by atoms with Gasteiger partial charge in [-0.05, 0) is 56.3 Å². The zero-order valence-electron chi connectivity index (χ0n) is 15.3. The van der Waals surface area contributed by atoms with Crippen molar-refractivity contribution in [2.24, 2.45) is 28.6 Å². The fourth-order valence-corrected chi connectivity index (χ4v) is 5.45. The van der Waals surface area contributed by atoms with Crippen LogP contribution in [-0.2, 0) is 14.4 Å². The fraction of sp³-hybridized carbons (Fsp3) is 0.750. The molecular formula is C20H30O4. The average molecular weight is 334 g/mol. The summed E-state index contributed by atoms with van der Waals surface area (Å²) in [4.78, 5) is 34.9. The molecule has 0 amide bonds. The van der Waals surface area contributed by atoms with Crippen LogP contribution >= 0.6 is 0 Å². The molecule has 1 N–H and O–H groups in total. The van der Waals surface area contributed by atoms with E-state index in [1.54, 1.807) is 0 Å². The molecule has 4 nitrogen and oxygen atoms in total. The van der Waals surface area contributed by atoms with E-state index in [2.05, 4.69) is 20.8 Å². The molecule has 0 aromatic rings. The summed E-state index contributed by atoms with van der Waals surface area (Å²) < 4.78 is 0. The van der Waals surface area contributed by atoms with Gasteiger partial charge in [-0.15, -0.1) is 0 Å². The first-order valence-electron chi connectivity index (χ1n) is 9.01. The summed E-state index contributed by atoms with van der Waals surface area (Å²) in [5, 5.41) is 8.88. The van der Waals surface area contributed by atoms with E-state index in [4.69, 9.17) is 5.11 Å². The molecule has 4 atom stereocenters. The topological polar surface area (TPSA) is 71.4 Å². The van der Waals surface area contributed by atoms with Crippen LogP contribution in [0.2, 0.25) is 0 Å². The number of allylic oxidation sites excluding steroid dienone is 1. The van der Waals surface area contributed by atoms with Crippen molar-refractivity contribution in [1.29, 1.82) is 0 Å². The highest BCUT2D eigenvalue weighted by Crippen LogP contribution is 2.60. The molecule has 134 valence electrons. The SMILES string of the molecule is C/C(=C/C(=O)O)CC[C@@H]1[C@H](C=O)CC[C@@H]2C(C)(C)C(=O)CC[C@@]12C. The lowest BCUT2D eigenvalue weighted by atomic mass is 9.45. The number of ketones is 1. The lowest BCUT2D eigenvalue weighted by molar-refractivity contribution is -0.153. The summed E-state index contributed by atoms with van der Waals surface area (Å²) in [6, 6.07) is 0. The van der Waals surface area contributed by atoms with Crippen molar-refractivity contribution in [3.8, 4) is 0 Å². The van der Waals surface area contributed by atoms with Gasteiger partial charge in [-0.2, -0.15) is 0 Å². The number of carbonyl (C=O) groups is 3. The number of carbonyl (C=O) groups excluding carboxylic acids is 2. The van der Waals surface area contributed by atoms with Crippen LogP contribution in [0.25, 0.3) is 0 Å². The van der Waals surface area contributed by atoms with Crippen LogP contribution in [0.3, 0.4) is 0 Å². The molecule has 0 heterocycles. The first-order valence-corrected chi connectivity index (χ1v) is 9.01. The Morgan fingerprint density at radius 3 is 2.54 bits per heavy atom. The Morgan fingerprint density at radius 2 is 1.96 bits per heavy atom. The Balaban J connectivity index is 2.26. The highest BCUT2D eigenvalue weighted by atomic mass is 16.4. The molecule has 0 aromatic carbocycles. The molecule has 2 aliphatic rings. The molecule has 0 saturated heterocycles. The van der Waals surface area contributed by atoms with E-state index < -0.39 is 5.97 Å². The van der Waals surface area contributed by atoms with E-state index in [0.29, 0.717) is 24.5 Å². The molecule has 4 heteroatoms. The molecule has 0 spiro atoms. The summed E-state index contributed by atoms with van der Waals surface area (Å²) in [6.45, 7) is 8.21. The number of hydrogen-bond donors (Lipinski definition) is 1. The highest BCUT2D eigenvalue weighted by Gasteiger charge is 2.57. The van der Waals surface area contributed by atoms with E-state index in [9.17, 15) is 14.4 Å².